The number of fused-ring (bicyclic) bond motifs is 1. The van der Waals surface area contributed by atoms with E-state index < -0.39 is 23.2 Å². The second-order valence-corrected chi connectivity index (χ2v) is 12.5. The Hall–Kier alpha value is -4.35. The summed E-state index contributed by atoms with van der Waals surface area (Å²) in [6, 6.07) is 25.1. The van der Waals surface area contributed by atoms with E-state index in [9.17, 15) is 19.2 Å². The molecule has 1 heterocycles. The summed E-state index contributed by atoms with van der Waals surface area (Å²) in [5.74, 6) is -2.07. The number of carbonyl (C=O) groups is 3. The third-order valence-corrected chi connectivity index (χ3v) is 8.30. The fourth-order valence-corrected chi connectivity index (χ4v) is 6.03. The van der Waals surface area contributed by atoms with Gasteiger partial charge in [-0.15, -0.1) is 0 Å². The fraction of sp³-hybridized carbons (Fsp3) is 0.0294. The molecule has 0 fully saturated rings. The number of Topliss-reactive ketones (excluding diaryl/α,β-unsaturated/α-hetero) is 1. The zero-order valence-electron chi connectivity index (χ0n) is 23.9. The largest absolute Gasteiger partial charge is 0.319 e. The SMILES string of the molecule is CC(=O)/C(=C\c1ccc(Cl)cc1)C(=O)Nn1c(/C(=C/c2ccccc2Cl)NC(=O)c2ccccc2)nc2c(Br)cc(Br)cc2c1=O. The second kappa shape index (κ2) is 14.4. The van der Waals surface area contributed by atoms with Crippen molar-refractivity contribution in [1.29, 1.82) is 0 Å². The van der Waals surface area contributed by atoms with Crippen LogP contribution < -0.4 is 16.3 Å². The average Bonchev–Trinajstić information content (AvgIpc) is 3.03. The Bertz CT molecular complexity index is 2130. The molecule has 12 heteroatoms. The van der Waals surface area contributed by atoms with Crippen molar-refractivity contribution in [3.63, 3.8) is 0 Å². The Morgan fingerprint density at radius 2 is 1.54 bits per heavy atom. The molecule has 0 unspecified atom stereocenters. The molecule has 2 amide bonds. The highest BCUT2D eigenvalue weighted by atomic mass is 79.9. The van der Waals surface area contributed by atoms with Gasteiger partial charge in [-0.25, -0.2) is 4.98 Å². The van der Waals surface area contributed by atoms with Gasteiger partial charge in [0.15, 0.2) is 11.6 Å². The van der Waals surface area contributed by atoms with Gasteiger partial charge >= 0.3 is 0 Å². The number of amides is 2. The van der Waals surface area contributed by atoms with E-state index in [-0.39, 0.29) is 28.0 Å². The monoisotopic (exact) mass is 778 g/mol. The molecule has 5 rings (SSSR count). The number of ketones is 1. The molecule has 0 saturated heterocycles. The Labute approximate surface area is 290 Å². The number of benzene rings is 4. The highest BCUT2D eigenvalue weighted by molar-refractivity contribution is 9.11. The van der Waals surface area contributed by atoms with E-state index in [0.717, 1.165) is 4.68 Å². The van der Waals surface area contributed by atoms with Crippen LogP contribution in [0.2, 0.25) is 10.0 Å². The van der Waals surface area contributed by atoms with Crippen molar-refractivity contribution in [3.05, 3.63) is 148 Å². The number of carbonyl (C=O) groups excluding carboxylic acids is 3. The van der Waals surface area contributed by atoms with Crippen LogP contribution in [0.5, 0.6) is 0 Å². The van der Waals surface area contributed by atoms with E-state index in [1.54, 1.807) is 97.1 Å². The van der Waals surface area contributed by atoms with Crippen molar-refractivity contribution < 1.29 is 14.4 Å². The van der Waals surface area contributed by atoms with Crippen LogP contribution in [0, 0.1) is 0 Å². The van der Waals surface area contributed by atoms with Gasteiger partial charge in [0, 0.05) is 24.6 Å². The molecule has 0 saturated carbocycles. The van der Waals surface area contributed by atoms with Gasteiger partial charge in [-0.2, -0.15) is 4.68 Å². The lowest BCUT2D eigenvalue weighted by molar-refractivity contribution is -0.119. The van der Waals surface area contributed by atoms with Crippen molar-refractivity contribution in [1.82, 2.24) is 15.0 Å². The molecule has 230 valence electrons. The molecule has 0 radical (unpaired) electrons. The number of rotatable bonds is 8. The Morgan fingerprint density at radius 1 is 0.870 bits per heavy atom. The molecule has 0 spiro atoms. The molecular formula is C34H22Br2Cl2N4O4. The van der Waals surface area contributed by atoms with Crippen LogP contribution in [-0.2, 0) is 9.59 Å². The molecular weight excluding hydrogens is 759 g/mol. The Balaban J connectivity index is 1.73. The van der Waals surface area contributed by atoms with Crippen LogP contribution in [0.4, 0.5) is 0 Å². The van der Waals surface area contributed by atoms with Gasteiger partial charge in [0.25, 0.3) is 17.4 Å². The lowest BCUT2D eigenvalue weighted by Gasteiger charge is -2.18. The molecule has 0 aliphatic heterocycles. The van der Waals surface area contributed by atoms with Crippen molar-refractivity contribution in [3.8, 4) is 0 Å². The highest BCUT2D eigenvalue weighted by Gasteiger charge is 2.23. The summed E-state index contributed by atoms with van der Waals surface area (Å²) < 4.78 is 1.95. The molecule has 8 nitrogen and oxygen atoms in total. The van der Waals surface area contributed by atoms with Gasteiger partial charge in [-0.05, 0) is 88.6 Å². The molecule has 0 aliphatic carbocycles. The van der Waals surface area contributed by atoms with Gasteiger partial charge in [-0.3, -0.25) is 24.6 Å². The van der Waals surface area contributed by atoms with Gasteiger partial charge in [0.1, 0.15) is 0 Å². The maximum absolute atomic E-state index is 14.1. The fourth-order valence-electron chi connectivity index (χ4n) is 4.40. The topological polar surface area (TPSA) is 110 Å². The number of aromatic nitrogens is 2. The van der Waals surface area contributed by atoms with Crippen molar-refractivity contribution in [2.45, 2.75) is 6.92 Å². The van der Waals surface area contributed by atoms with E-state index in [1.165, 1.54) is 13.0 Å². The van der Waals surface area contributed by atoms with E-state index in [1.807, 2.05) is 0 Å². The van der Waals surface area contributed by atoms with E-state index in [0.29, 0.717) is 35.7 Å². The summed E-state index contributed by atoms with van der Waals surface area (Å²) in [5, 5.41) is 3.82. The summed E-state index contributed by atoms with van der Waals surface area (Å²) in [6.07, 6.45) is 2.93. The minimum absolute atomic E-state index is 0.0436. The molecule has 0 bridgehead atoms. The number of hydrogen-bond acceptors (Lipinski definition) is 5. The normalized spacial score (nSPS) is 11.8. The third kappa shape index (κ3) is 7.54. The van der Waals surface area contributed by atoms with Crippen LogP contribution in [0.25, 0.3) is 28.8 Å². The van der Waals surface area contributed by atoms with Crippen LogP contribution in [0.3, 0.4) is 0 Å². The summed E-state index contributed by atoms with van der Waals surface area (Å²) in [4.78, 5) is 58.7. The number of nitrogens with one attached hydrogen (secondary N) is 2. The lowest BCUT2D eigenvalue weighted by Crippen LogP contribution is -2.39. The first-order valence-corrected chi connectivity index (χ1v) is 15.9. The molecule has 46 heavy (non-hydrogen) atoms. The number of nitrogens with zero attached hydrogens (tertiary/aromatic N) is 2. The zero-order valence-corrected chi connectivity index (χ0v) is 28.5. The van der Waals surface area contributed by atoms with E-state index >= 15 is 0 Å². The summed E-state index contributed by atoms with van der Waals surface area (Å²) in [7, 11) is 0. The predicted octanol–water partition coefficient (Wildman–Crippen LogP) is 7.90. The number of halogens is 4. The second-order valence-electron chi connectivity index (χ2n) is 9.87. The molecule has 5 aromatic rings. The minimum Gasteiger partial charge on any atom is -0.319 e. The summed E-state index contributed by atoms with van der Waals surface area (Å²) in [5.41, 5.74) is 3.31. The maximum atomic E-state index is 14.1. The Morgan fingerprint density at radius 3 is 2.22 bits per heavy atom. The molecule has 2 N–H and O–H groups in total. The van der Waals surface area contributed by atoms with Gasteiger partial charge in [0.05, 0.1) is 22.2 Å². The van der Waals surface area contributed by atoms with Gasteiger partial charge in [-0.1, -0.05) is 87.7 Å². The average molecular weight is 781 g/mol. The van der Waals surface area contributed by atoms with Crippen LogP contribution >= 0.6 is 55.1 Å². The maximum Gasteiger partial charge on any atom is 0.280 e. The molecule has 0 atom stereocenters. The Kier molecular flexibility index (Phi) is 10.3. The lowest BCUT2D eigenvalue weighted by atomic mass is 10.1. The van der Waals surface area contributed by atoms with Crippen LogP contribution in [0.15, 0.2) is 110 Å². The van der Waals surface area contributed by atoms with E-state index in [2.05, 4.69) is 42.6 Å². The summed E-state index contributed by atoms with van der Waals surface area (Å²) in [6.45, 7) is 1.24. The molecule has 0 aliphatic rings. The zero-order chi connectivity index (χ0) is 33.0. The standard InChI is InChI=1S/C34H22Br2Cl2N4O4/c1-19(43)25(15-20-11-13-24(37)14-12-20)33(45)41-42-31(40-30-26(34(42)46)17-23(35)18-27(30)36)29(16-22-9-5-6-10-28(22)38)39-32(44)21-7-3-2-4-8-21/h2-18H,1H3,(H,39,44)(H,41,45)/b25-15+,29-16-. The predicted molar refractivity (Wildman–Crippen MR) is 189 cm³/mol. The first-order valence-electron chi connectivity index (χ1n) is 13.6. The quantitative estimate of drug-likeness (QED) is 0.0946. The third-order valence-electron chi connectivity index (χ3n) is 6.64. The summed E-state index contributed by atoms with van der Waals surface area (Å²) >= 11 is 19.3. The minimum atomic E-state index is -0.882. The first kappa shape index (κ1) is 33.0. The van der Waals surface area contributed by atoms with Crippen molar-refractivity contribution in [2.24, 2.45) is 0 Å². The van der Waals surface area contributed by atoms with Crippen LogP contribution in [-0.4, -0.2) is 27.3 Å². The first-order chi connectivity index (χ1) is 22.0. The highest BCUT2D eigenvalue weighted by Crippen LogP contribution is 2.28. The smallest absolute Gasteiger partial charge is 0.280 e. The van der Waals surface area contributed by atoms with Gasteiger partial charge in [0.2, 0.25) is 0 Å². The molecule has 1 aromatic heterocycles. The number of hydrogen-bond donors (Lipinski definition) is 2. The van der Waals surface area contributed by atoms with E-state index in [4.69, 9.17) is 28.2 Å². The van der Waals surface area contributed by atoms with Crippen molar-refractivity contribution >= 4 is 101 Å². The van der Waals surface area contributed by atoms with Gasteiger partial charge < -0.3 is 5.32 Å². The molecule has 4 aromatic carbocycles. The van der Waals surface area contributed by atoms with Crippen molar-refractivity contribution in [2.75, 3.05) is 5.43 Å². The van der Waals surface area contributed by atoms with Crippen LogP contribution in [0.1, 0.15) is 34.2 Å².